The van der Waals surface area contributed by atoms with Crippen molar-refractivity contribution >= 4 is 23.2 Å². The number of hydrogen-bond donors (Lipinski definition) is 0. The van der Waals surface area contributed by atoms with E-state index >= 15 is 0 Å². The zero-order valence-corrected chi connectivity index (χ0v) is 14.9. The Morgan fingerprint density at radius 2 is 2.04 bits per heavy atom. The Hall–Kier alpha value is -1.69. The van der Waals surface area contributed by atoms with Crippen molar-refractivity contribution in [3.05, 3.63) is 34.9 Å². The number of amides is 1. The lowest BCUT2D eigenvalue weighted by molar-refractivity contribution is -0.138. The number of carbonyl (C=O) groups excluding carboxylic acids is 1. The maximum Gasteiger partial charge on any atom is 0.245 e. The first-order valence-electron chi connectivity index (χ1n) is 8.44. The molecular weight excluding hydrogens is 350 g/mol. The number of benzene rings is 1. The molecule has 0 bridgehead atoms. The fourth-order valence-corrected chi connectivity index (χ4v) is 3.52. The molecule has 25 heavy (non-hydrogen) atoms. The number of halogens is 3. The number of oxime groups is 1. The Kier molecular flexibility index (Phi) is 5.00. The van der Waals surface area contributed by atoms with E-state index in [2.05, 4.69) is 5.16 Å². The van der Waals surface area contributed by atoms with Crippen LogP contribution in [0.25, 0.3) is 0 Å². The second kappa shape index (κ2) is 6.90. The maximum atomic E-state index is 12.9. The van der Waals surface area contributed by atoms with E-state index < -0.39 is 17.9 Å². The van der Waals surface area contributed by atoms with E-state index in [1.165, 1.54) is 0 Å². The van der Waals surface area contributed by atoms with Gasteiger partial charge in [0.05, 0.1) is 5.71 Å². The summed E-state index contributed by atoms with van der Waals surface area (Å²) < 4.78 is 25.8. The third kappa shape index (κ3) is 4.29. The average Bonchev–Trinajstić information content (AvgIpc) is 2.97. The maximum absolute atomic E-state index is 12.9. The van der Waals surface area contributed by atoms with E-state index in [9.17, 15) is 13.6 Å². The van der Waals surface area contributed by atoms with Gasteiger partial charge in [-0.05, 0) is 13.0 Å². The molecule has 2 aliphatic rings. The standard InChI is InChI=1S/C18H21ClF2N2O2/c1-17(20,21)7-6-16(24)23-10-8-18(9-11-23)12-15(22-25-18)13-4-2-3-5-14(13)19/h2-5H,6-12H2,1H3. The molecule has 2 aliphatic heterocycles. The summed E-state index contributed by atoms with van der Waals surface area (Å²) in [6.07, 6.45) is 1.38. The van der Waals surface area contributed by atoms with Crippen molar-refractivity contribution in [3.63, 3.8) is 0 Å². The Morgan fingerprint density at radius 3 is 2.68 bits per heavy atom. The highest BCUT2D eigenvalue weighted by atomic mass is 35.5. The lowest BCUT2D eigenvalue weighted by Crippen LogP contribution is -2.47. The van der Waals surface area contributed by atoms with Crippen molar-refractivity contribution in [3.8, 4) is 0 Å². The fourth-order valence-electron chi connectivity index (χ4n) is 3.28. The van der Waals surface area contributed by atoms with Gasteiger partial charge in [0.25, 0.3) is 0 Å². The molecule has 2 heterocycles. The Bertz CT molecular complexity index is 680. The van der Waals surface area contributed by atoms with E-state index in [1.807, 2.05) is 24.3 Å². The summed E-state index contributed by atoms with van der Waals surface area (Å²) in [7, 11) is 0. The summed E-state index contributed by atoms with van der Waals surface area (Å²) in [4.78, 5) is 19.4. The van der Waals surface area contributed by atoms with E-state index in [0.29, 0.717) is 37.4 Å². The predicted molar refractivity (Wildman–Crippen MR) is 92.1 cm³/mol. The van der Waals surface area contributed by atoms with Crippen molar-refractivity contribution in [2.45, 2.75) is 50.6 Å². The second-order valence-electron chi connectivity index (χ2n) is 6.92. The summed E-state index contributed by atoms with van der Waals surface area (Å²) in [5, 5.41) is 4.85. The minimum atomic E-state index is -2.81. The van der Waals surface area contributed by atoms with E-state index in [4.69, 9.17) is 16.4 Å². The molecule has 0 atom stereocenters. The lowest BCUT2D eigenvalue weighted by Gasteiger charge is -2.37. The smallest absolute Gasteiger partial charge is 0.245 e. The second-order valence-corrected chi connectivity index (χ2v) is 7.33. The number of nitrogens with zero attached hydrogens (tertiary/aromatic N) is 2. The molecule has 1 amide bonds. The molecule has 4 nitrogen and oxygen atoms in total. The summed E-state index contributed by atoms with van der Waals surface area (Å²) >= 11 is 6.22. The van der Waals surface area contributed by atoms with Crippen molar-refractivity contribution in [1.29, 1.82) is 0 Å². The average molecular weight is 371 g/mol. The normalized spacial score (nSPS) is 19.7. The molecule has 1 aromatic rings. The van der Waals surface area contributed by atoms with Gasteiger partial charge < -0.3 is 9.74 Å². The highest BCUT2D eigenvalue weighted by molar-refractivity contribution is 6.34. The van der Waals surface area contributed by atoms with E-state index in [1.54, 1.807) is 4.90 Å². The molecule has 0 aliphatic carbocycles. The fraction of sp³-hybridized carbons (Fsp3) is 0.556. The monoisotopic (exact) mass is 370 g/mol. The van der Waals surface area contributed by atoms with Gasteiger partial charge in [-0.3, -0.25) is 4.79 Å². The number of rotatable bonds is 4. The SMILES string of the molecule is CC(F)(F)CCC(=O)N1CCC2(CC1)CC(c1ccccc1Cl)=NO2. The first-order chi connectivity index (χ1) is 11.8. The van der Waals surface area contributed by atoms with E-state index in [0.717, 1.165) is 18.2 Å². The number of likely N-dealkylation sites (tertiary alicyclic amines) is 1. The molecule has 7 heteroatoms. The van der Waals surface area contributed by atoms with Crippen LogP contribution in [-0.2, 0) is 9.63 Å². The molecule has 0 radical (unpaired) electrons. The molecule has 1 fully saturated rings. The molecule has 0 saturated carbocycles. The Morgan fingerprint density at radius 1 is 1.36 bits per heavy atom. The van der Waals surface area contributed by atoms with Gasteiger partial charge in [0.1, 0.15) is 5.60 Å². The van der Waals surface area contributed by atoms with Crippen LogP contribution >= 0.6 is 11.6 Å². The van der Waals surface area contributed by atoms with Crippen molar-refractivity contribution in [1.82, 2.24) is 4.90 Å². The van der Waals surface area contributed by atoms with Crippen LogP contribution in [0.5, 0.6) is 0 Å². The van der Waals surface area contributed by atoms with Crippen LogP contribution in [0.2, 0.25) is 5.02 Å². The molecule has 3 rings (SSSR count). The minimum absolute atomic E-state index is 0.126. The zero-order chi connectivity index (χ0) is 18.1. The van der Waals surface area contributed by atoms with Crippen molar-refractivity contribution in [2.24, 2.45) is 5.16 Å². The third-order valence-electron chi connectivity index (χ3n) is 4.83. The minimum Gasteiger partial charge on any atom is -0.388 e. The Labute approximate surface area is 150 Å². The number of alkyl halides is 2. The molecule has 1 saturated heterocycles. The van der Waals surface area contributed by atoms with Crippen LogP contribution in [0.1, 0.15) is 44.6 Å². The van der Waals surface area contributed by atoms with Crippen molar-refractivity contribution < 1.29 is 18.4 Å². The van der Waals surface area contributed by atoms with Crippen LogP contribution in [0.4, 0.5) is 8.78 Å². The number of piperidine rings is 1. The third-order valence-corrected chi connectivity index (χ3v) is 5.16. The van der Waals surface area contributed by atoms with Crippen LogP contribution in [0.3, 0.4) is 0 Å². The molecule has 136 valence electrons. The van der Waals surface area contributed by atoms with Crippen LogP contribution in [0, 0.1) is 0 Å². The van der Waals surface area contributed by atoms with Gasteiger partial charge in [-0.15, -0.1) is 0 Å². The van der Waals surface area contributed by atoms with Crippen LogP contribution in [0.15, 0.2) is 29.4 Å². The van der Waals surface area contributed by atoms with Gasteiger partial charge in [-0.2, -0.15) is 0 Å². The van der Waals surface area contributed by atoms with Gasteiger partial charge in [0, 0.05) is 55.8 Å². The highest BCUT2D eigenvalue weighted by Crippen LogP contribution is 2.37. The van der Waals surface area contributed by atoms with Crippen LogP contribution < -0.4 is 0 Å². The summed E-state index contributed by atoms with van der Waals surface area (Å²) in [6, 6.07) is 7.49. The zero-order valence-electron chi connectivity index (χ0n) is 14.1. The predicted octanol–water partition coefficient (Wildman–Crippen LogP) is 4.26. The molecule has 1 aromatic carbocycles. The number of carbonyl (C=O) groups is 1. The van der Waals surface area contributed by atoms with Gasteiger partial charge in [0.15, 0.2) is 0 Å². The summed E-state index contributed by atoms with van der Waals surface area (Å²) in [5.41, 5.74) is 1.26. The molecule has 0 N–H and O–H groups in total. The molecule has 0 aromatic heterocycles. The molecule has 1 spiro atoms. The first-order valence-corrected chi connectivity index (χ1v) is 8.81. The van der Waals surface area contributed by atoms with Crippen molar-refractivity contribution in [2.75, 3.05) is 13.1 Å². The van der Waals surface area contributed by atoms with Gasteiger partial charge in [0.2, 0.25) is 11.8 Å². The molecule has 0 unspecified atom stereocenters. The summed E-state index contributed by atoms with van der Waals surface area (Å²) in [6.45, 7) is 1.84. The topological polar surface area (TPSA) is 41.9 Å². The van der Waals surface area contributed by atoms with Gasteiger partial charge in [-0.1, -0.05) is 35.0 Å². The lowest BCUT2D eigenvalue weighted by atomic mass is 9.85. The summed E-state index contributed by atoms with van der Waals surface area (Å²) in [5.74, 6) is -3.03. The van der Waals surface area contributed by atoms with Gasteiger partial charge in [-0.25, -0.2) is 8.78 Å². The first kappa shape index (κ1) is 18.1. The number of hydrogen-bond acceptors (Lipinski definition) is 3. The van der Waals surface area contributed by atoms with E-state index in [-0.39, 0.29) is 12.3 Å². The molecular formula is C18H21ClF2N2O2. The van der Waals surface area contributed by atoms with Gasteiger partial charge >= 0.3 is 0 Å². The Balaban J connectivity index is 1.55. The largest absolute Gasteiger partial charge is 0.388 e. The highest BCUT2D eigenvalue weighted by Gasteiger charge is 2.43. The quantitative estimate of drug-likeness (QED) is 0.794. The van der Waals surface area contributed by atoms with Crippen LogP contribution in [-0.4, -0.2) is 41.1 Å².